The van der Waals surface area contributed by atoms with E-state index in [1.807, 2.05) is 0 Å². The zero-order valence-electron chi connectivity index (χ0n) is 9.32. The van der Waals surface area contributed by atoms with E-state index < -0.39 is 5.91 Å². The van der Waals surface area contributed by atoms with Gasteiger partial charge in [-0.05, 0) is 6.07 Å². The fourth-order valence-electron chi connectivity index (χ4n) is 1.93. The minimum Gasteiger partial charge on any atom is -0.364 e. The summed E-state index contributed by atoms with van der Waals surface area (Å²) in [6, 6.07) is 1.52. The van der Waals surface area contributed by atoms with E-state index in [9.17, 15) is 4.79 Å². The van der Waals surface area contributed by atoms with Crippen LogP contribution in [0, 0.1) is 11.5 Å². The first kappa shape index (κ1) is 10.3. The highest BCUT2D eigenvalue weighted by molar-refractivity contribution is 5.90. The molecule has 3 heterocycles. The van der Waals surface area contributed by atoms with Gasteiger partial charge >= 0.3 is 0 Å². The number of nitrogens with zero attached hydrogens (tertiary/aromatic N) is 6. The van der Waals surface area contributed by atoms with Crippen molar-refractivity contribution in [2.45, 2.75) is 13.1 Å². The van der Waals surface area contributed by atoms with Crippen molar-refractivity contribution in [1.29, 1.82) is 5.26 Å². The van der Waals surface area contributed by atoms with Crippen molar-refractivity contribution in [3.8, 4) is 6.19 Å². The van der Waals surface area contributed by atoms with Crippen LogP contribution in [-0.2, 0) is 13.1 Å². The van der Waals surface area contributed by atoms with Crippen LogP contribution in [-0.4, -0.2) is 30.6 Å². The molecule has 0 bridgehead atoms. The molecule has 0 saturated carbocycles. The van der Waals surface area contributed by atoms with Crippen molar-refractivity contribution in [1.82, 2.24) is 24.7 Å². The number of fused-ring (bicyclic) bond motifs is 1. The molecule has 0 atom stereocenters. The summed E-state index contributed by atoms with van der Waals surface area (Å²) in [6.45, 7) is 1.04. The number of primary amides is 1. The monoisotopic (exact) mass is 243 g/mol. The summed E-state index contributed by atoms with van der Waals surface area (Å²) in [7, 11) is 0. The molecule has 2 aromatic rings. The average molecular weight is 243 g/mol. The largest absolute Gasteiger partial charge is 0.364 e. The predicted octanol–water partition coefficient (Wildman–Crippen LogP) is -0.713. The molecule has 0 aliphatic carbocycles. The Morgan fingerprint density at radius 3 is 3.00 bits per heavy atom. The van der Waals surface area contributed by atoms with E-state index in [0.717, 1.165) is 11.3 Å². The Kier molecular flexibility index (Phi) is 2.06. The molecule has 0 spiro atoms. The zero-order valence-corrected chi connectivity index (χ0v) is 9.32. The maximum absolute atomic E-state index is 11.0. The van der Waals surface area contributed by atoms with Crippen molar-refractivity contribution >= 4 is 5.91 Å². The van der Waals surface area contributed by atoms with Crippen LogP contribution in [0.3, 0.4) is 0 Å². The summed E-state index contributed by atoms with van der Waals surface area (Å²) in [4.78, 5) is 15.6. The fourth-order valence-corrected chi connectivity index (χ4v) is 1.93. The van der Waals surface area contributed by atoms with Gasteiger partial charge in [0.25, 0.3) is 5.91 Å². The first-order valence-electron chi connectivity index (χ1n) is 5.25. The number of hydrogen-bond donors (Lipinski definition) is 1. The Morgan fingerprint density at radius 1 is 1.50 bits per heavy atom. The number of carbonyl (C=O) groups excluding carboxylic acids is 1. The summed E-state index contributed by atoms with van der Waals surface area (Å²) in [5, 5.41) is 17.1. The number of nitriles is 1. The van der Waals surface area contributed by atoms with Crippen LogP contribution in [0.2, 0.25) is 0 Å². The lowest BCUT2D eigenvalue weighted by atomic mass is 10.3. The molecule has 0 aromatic carbocycles. The van der Waals surface area contributed by atoms with E-state index in [2.05, 4.69) is 16.4 Å². The summed E-state index contributed by atoms with van der Waals surface area (Å²) < 4.78 is 0. The van der Waals surface area contributed by atoms with Gasteiger partial charge in [0.1, 0.15) is 0 Å². The molecule has 8 nitrogen and oxygen atoms in total. The summed E-state index contributed by atoms with van der Waals surface area (Å²) in [5.74, 6) is -0.587. The van der Waals surface area contributed by atoms with E-state index in [1.165, 1.54) is 10.9 Å². The quantitative estimate of drug-likeness (QED) is 0.701. The second-order valence-electron chi connectivity index (χ2n) is 3.95. The lowest BCUT2D eigenvalue weighted by molar-refractivity contribution is 0.0994. The Labute approximate surface area is 102 Å². The molecule has 0 fully saturated rings. The van der Waals surface area contributed by atoms with Gasteiger partial charge in [0.15, 0.2) is 11.9 Å². The van der Waals surface area contributed by atoms with Crippen molar-refractivity contribution in [2.75, 3.05) is 0 Å². The molecule has 8 heteroatoms. The average Bonchev–Trinajstić information content (AvgIpc) is 3.02. The summed E-state index contributed by atoms with van der Waals surface area (Å²) in [6.07, 6.45) is 5.38. The minimum absolute atomic E-state index is 0.175. The lowest BCUT2D eigenvalue weighted by Crippen LogP contribution is -2.19. The van der Waals surface area contributed by atoms with E-state index in [-0.39, 0.29) is 5.69 Å². The molecule has 2 N–H and O–H groups in total. The van der Waals surface area contributed by atoms with Gasteiger partial charge in [0, 0.05) is 5.56 Å². The van der Waals surface area contributed by atoms with E-state index in [0.29, 0.717) is 13.1 Å². The maximum Gasteiger partial charge on any atom is 0.269 e. The number of carbonyl (C=O) groups is 1. The lowest BCUT2D eigenvalue weighted by Gasteiger charge is -2.07. The molecule has 90 valence electrons. The minimum atomic E-state index is -0.587. The molecule has 1 aliphatic heterocycles. The van der Waals surface area contributed by atoms with Crippen LogP contribution in [0.1, 0.15) is 21.7 Å². The molecule has 1 aliphatic rings. The van der Waals surface area contributed by atoms with E-state index in [4.69, 9.17) is 11.0 Å². The molecule has 1 amide bonds. The summed E-state index contributed by atoms with van der Waals surface area (Å²) >= 11 is 0. The highest BCUT2D eigenvalue weighted by Crippen LogP contribution is 2.21. The second-order valence-corrected chi connectivity index (χ2v) is 3.95. The highest BCUT2D eigenvalue weighted by Gasteiger charge is 2.23. The van der Waals surface area contributed by atoms with Crippen LogP contribution in [0.25, 0.3) is 0 Å². The summed E-state index contributed by atoms with van der Waals surface area (Å²) in [5.41, 5.74) is 7.18. The molecular formula is C10H9N7O. The van der Waals surface area contributed by atoms with Crippen molar-refractivity contribution < 1.29 is 4.79 Å². The Bertz CT molecular complexity index is 662. The zero-order chi connectivity index (χ0) is 12.7. The smallest absolute Gasteiger partial charge is 0.269 e. The Hall–Kier alpha value is -2.82. The first-order chi connectivity index (χ1) is 8.69. The van der Waals surface area contributed by atoms with Gasteiger partial charge in [-0.25, -0.2) is 0 Å². The molecule has 18 heavy (non-hydrogen) atoms. The molecule has 0 unspecified atom stereocenters. The van der Waals surface area contributed by atoms with Gasteiger partial charge in [-0.1, -0.05) is 0 Å². The van der Waals surface area contributed by atoms with Gasteiger partial charge in [-0.3, -0.25) is 4.79 Å². The third-order valence-electron chi connectivity index (χ3n) is 2.80. The molecule has 3 rings (SSSR count). The van der Waals surface area contributed by atoms with Gasteiger partial charge in [-0.2, -0.15) is 19.9 Å². The molecule has 2 aromatic heterocycles. The third-order valence-corrected chi connectivity index (χ3v) is 2.80. The van der Waals surface area contributed by atoms with Gasteiger partial charge in [0.2, 0.25) is 0 Å². The van der Waals surface area contributed by atoms with Crippen LogP contribution in [0.5, 0.6) is 0 Å². The Morgan fingerprint density at radius 2 is 2.33 bits per heavy atom. The fraction of sp³-hybridized carbons (Fsp3) is 0.200. The maximum atomic E-state index is 11.0. The standard InChI is InChI=1S/C10H9N7O/c11-6-15-4-7-3-13-17(9(7)5-15)16-2-1-8(14-16)10(12)18/h1-3H,4-5H2,(H2,12,18). The van der Waals surface area contributed by atoms with E-state index >= 15 is 0 Å². The molecule has 0 saturated heterocycles. The third kappa shape index (κ3) is 1.41. The van der Waals surface area contributed by atoms with Crippen LogP contribution >= 0.6 is 0 Å². The van der Waals surface area contributed by atoms with Crippen molar-refractivity contribution in [3.63, 3.8) is 0 Å². The van der Waals surface area contributed by atoms with Crippen molar-refractivity contribution in [2.24, 2.45) is 5.73 Å². The Balaban J connectivity index is 1.99. The molecule has 0 radical (unpaired) electrons. The van der Waals surface area contributed by atoms with Crippen LogP contribution in [0.15, 0.2) is 18.5 Å². The molecular weight excluding hydrogens is 234 g/mol. The van der Waals surface area contributed by atoms with Gasteiger partial charge in [-0.15, -0.1) is 5.10 Å². The number of amides is 1. The van der Waals surface area contributed by atoms with Gasteiger partial charge in [0.05, 0.1) is 31.2 Å². The van der Waals surface area contributed by atoms with Crippen molar-refractivity contribution in [3.05, 3.63) is 35.4 Å². The predicted molar refractivity (Wildman–Crippen MR) is 58.6 cm³/mol. The SMILES string of the molecule is N#CN1Cc2cnn(-n3ccc(C(N)=O)n3)c2C1. The number of nitrogens with two attached hydrogens (primary N) is 1. The van der Waals surface area contributed by atoms with Crippen LogP contribution < -0.4 is 5.73 Å². The topological polar surface area (TPSA) is 106 Å². The first-order valence-corrected chi connectivity index (χ1v) is 5.25. The number of aromatic nitrogens is 4. The highest BCUT2D eigenvalue weighted by atomic mass is 16.1. The van der Waals surface area contributed by atoms with Crippen LogP contribution in [0.4, 0.5) is 0 Å². The second kappa shape index (κ2) is 3.59. The van der Waals surface area contributed by atoms with E-state index in [1.54, 1.807) is 22.1 Å². The normalized spacial score (nSPS) is 13.4. The number of hydrogen-bond acceptors (Lipinski definition) is 5. The number of rotatable bonds is 2. The van der Waals surface area contributed by atoms with Gasteiger partial charge < -0.3 is 10.6 Å².